The molecule has 0 saturated heterocycles. The van der Waals surface area contributed by atoms with Gasteiger partial charge in [0.2, 0.25) is 0 Å². The zero-order valence-corrected chi connectivity index (χ0v) is 7.18. The van der Waals surface area contributed by atoms with Crippen molar-refractivity contribution in [3.8, 4) is 0 Å². The molecule has 1 aliphatic heterocycles. The molecule has 0 spiro atoms. The highest BCUT2D eigenvalue weighted by atomic mass is 16.5. The van der Waals surface area contributed by atoms with Crippen LogP contribution in [0.3, 0.4) is 0 Å². The lowest BCUT2D eigenvalue weighted by molar-refractivity contribution is 0.220. The predicted molar refractivity (Wildman–Crippen MR) is 46.2 cm³/mol. The van der Waals surface area contributed by atoms with Gasteiger partial charge in [-0.25, -0.2) is 0 Å². The normalized spacial score (nSPS) is 20.4. The monoisotopic (exact) mass is 155 g/mol. The van der Waals surface area contributed by atoms with E-state index in [-0.39, 0.29) is 6.04 Å². The second-order valence-electron chi connectivity index (χ2n) is 3.06. The molecule has 0 bridgehead atoms. The van der Waals surface area contributed by atoms with Crippen molar-refractivity contribution in [2.24, 2.45) is 5.73 Å². The summed E-state index contributed by atoms with van der Waals surface area (Å²) in [6.07, 6.45) is 6.34. The fraction of sp³-hybridized carbons (Fsp3) is 0.778. The van der Waals surface area contributed by atoms with Crippen molar-refractivity contribution in [1.82, 2.24) is 0 Å². The number of rotatable bonds is 3. The summed E-state index contributed by atoms with van der Waals surface area (Å²) in [6.45, 7) is 3.02. The lowest BCUT2D eigenvalue weighted by Gasteiger charge is -2.18. The average Bonchev–Trinajstić information content (AvgIpc) is 2.07. The third-order valence-electron chi connectivity index (χ3n) is 2.04. The fourth-order valence-electron chi connectivity index (χ4n) is 1.35. The number of ether oxygens (including phenoxy) is 1. The van der Waals surface area contributed by atoms with Gasteiger partial charge >= 0.3 is 0 Å². The van der Waals surface area contributed by atoms with Gasteiger partial charge in [0.1, 0.15) is 0 Å². The molecule has 64 valence electrons. The Labute approximate surface area is 68.4 Å². The van der Waals surface area contributed by atoms with E-state index >= 15 is 0 Å². The Morgan fingerprint density at radius 2 is 2.55 bits per heavy atom. The zero-order valence-electron chi connectivity index (χ0n) is 7.18. The minimum absolute atomic E-state index is 0.236. The van der Waals surface area contributed by atoms with Crippen LogP contribution < -0.4 is 5.73 Å². The molecule has 0 fully saturated rings. The molecule has 2 nitrogen and oxygen atoms in total. The summed E-state index contributed by atoms with van der Waals surface area (Å²) in [7, 11) is 0. The zero-order chi connectivity index (χ0) is 8.10. The molecule has 1 aliphatic rings. The molecule has 2 N–H and O–H groups in total. The van der Waals surface area contributed by atoms with Gasteiger partial charge in [0.05, 0.1) is 12.9 Å². The fourth-order valence-corrected chi connectivity index (χ4v) is 1.35. The molecule has 0 radical (unpaired) electrons. The SMILES string of the molecule is CCCC(N)C1=COCCC1. The lowest BCUT2D eigenvalue weighted by atomic mass is 9.99. The van der Waals surface area contributed by atoms with E-state index in [0.29, 0.717) is 0 Å². The first-order valence-electron chi connectivity index (χ1n) is 4.40. The smallest absolute Gasteiger partial charge is 0.0876 e. The van der Waals surface area contributed by atoms with Crippen LogP contribution in [0, 0.1) is 0 Å². The van der Waals surface area contributed by atoms with Crippen molar-refractivity contribution in [2.75, 3.05) is 6.61 Å². The van der Waals surface area contributed by atoms with Crippen LogP contribution >= 0.6 is 0 Å². The van der Waals surface area contributed by atoms with Gasteiger partial charge < -0.3 is 10.5 Å². The van der Waals surface area contributed by atoms with Gasteiger partial charge in [-0.3, -0.25) is 0 Å². The summed E-state index contributed by atoms with van der Waals surface area (Å²) in [5.41, 5.74) is 7.20. The van der Waals surface area contributed by atoms with Crippen molar-refractivity contribution >= 4 is 0 Å². The molecule has 1 heterocycles. The molecule has 0 aliphatic carbocycles. The van der Waals surface area contributed by atoms with Crippen molar-refractivity contribution < 1.29 is 4.74 Å². The van der Waals surface area contributed by atoms with Crippen LogP contribution in [0.2, 0.25) is 0 Å². The van der Waals surface area contributed by atoms with Gasteiger partial charge in [0.25, 0.3) is 0 Å². The summed E-state index contributed by atoms with van der Waals surface area (Å²) in [5.74, 6) is 0. The van der Waals surface area contributed by atoms with E-state index in [4.69, 9.17) is 10.5 Å². The maximum Gasteiger partial charge on any atom is 0.0876 e. The summed E-state index contributed by atoms with van der Waals surface area (Å²) in [6, 6.07) is 0.236. The second kappa shape index (κ2) is 4.39. The van der Waals surface area contributed by atoms with E-state index in [9.17, 15) is 0 Å². The number of hydrogen-bond donors (Lipinski definition) is 1. The van der Waals surface area contributed by atoms with Gasteiger partial charge in [0.15, 0.2) is 0 Å². The van der Waals surface area contributed by atoms with Gasteiger partial charge in [-0.15, -0.1) is 0 Å². The Morgan fingerprint density at radius 1 is 1.73 bits per heavy atom. The first kappa shape index (κ1) is 8.60. The molecule has 1 unspecified atom stereocenters. The molecule has 0 aromatic rings. The van der Waals surface area contributed by atoms with E-state index in [1.807, 2.05) is 6.26 Å². The van der Waals surface area contributed by atoms with Gasteiger partial charge in [-0.1, -0.05) is 13.3 Å². The minimum atomic E-state index is 0.236. The molecule has 0 amide bonds. The van der Waals surface area contributed by atoms with Crippen molar-refractivity contribution in [2.45, 2.75) is 38.6 Å². The van der Waals surface area contributed by atoms with E-state index in [0.717, 1.165) is 32.3 Å². The molecule has 1 atom stereocenters. The summed E-state index contributed by atoms with van der Waals surface area (Å²) in [4.78, 5) is 0. The topological polar surface area (TPSA) is 35.2 Å². The van der Waals surface area contributed by atoms with Gasteiger partial charge in [-0.2, -0.15) is 0 Å². The number of hydrogen-bond acceptors (Lipinski definition) is 2. The molecule has 1 rings (SSSR count). The molecule has 2 heteroatoms. The average molecular weight is 155 g/mol. The third-order valence-corrected chi connectivity index (χ3v) is 2.04. The molecule has 0 aromatic carbocycles. The number of nitrogens with two attached hydrogens (primary N) is 1. The largest absolute Gasteiger partial charge is 0.501 e. The Balaban J connectivity index is 2.37. The van der Waals surface area contributed by atoms with E-state index in [1.54, 1.807) is 0 Å². The van der Waals surface area contributed by atoms with Gasteiger partial charge in [0, 0.05) is 6.04 Å². The van der Waals surface area contributed by atoms with Crippen LogP contribution in [0.1, 0.15) is 32.6 Å². The van der Waals surface area contributed by atoms with E-state index in [1.165, 1.54) is 5.57 Å². The molecular formula is C9H17NO. The summed E-state index contributed by atoms with van der Waals surface area (Å²) < 4.78 is 5.21. The Hall–Kier alpha value is -0.500. The maximum absolute atomic E-state index is 5.91. The van der Waals surface area contributed by atoms with Crippen LogP contribution in [0.5, 0.6) is 0 Å². The molecule has 11 heavy (non-hydrogen) atoms. The van der Waals surface area contributed by atoms with Gasteiger partial charge in [-0.05, 0) is 24.8 Å². The maximum atomic E-state index is 5.91. The Kier molecular flexibility index (Phi) is 3.43. The molecule has 0 saturated carbocycles. The van der Waals surface area contributed by atoms with Crippen LogP contribution in [0.15, 0.2) is 11.8 Å². The van der Waals surface area contributed by atoms with Crippen LogP contribution in [-0.4, -0.2) is 12.6 Å². The second-order valence-corrected chi connectivity index (χ2v) is 3.06. The first-order chi connectivity index (χ1) is 5.34. The lowest BCUT2D eigenvalue weighted by Crippen LogP contribution is -2.24. The van der Waals surface area contributed by atoms with Crippen LogP contribution in [0.4, 0.5) is 0 Å². The Bertz CT molecular complexity index is 142. The van der Waals surface area contributed by atoms with Crippen molar-refractivity contribution in [3.05, 3.63) is 11.8 Å². The highest BCUT2D eigenvalue weighted by Crippen LogP contribution is 2.16. The summed E-state index contributed by atoms with van der Waals surface area (Å²) in [5, 5.41) is 0. The van der Waals surface area contributed by atoms with Crippen molar-refractivity contribution in [3.63, 3.8) is 0 Å². The molecule has 0 aromatic heterocycles. The van der Waals surface area contributed by atoms with E-state index < -0.39 is 0 Å². The highest BCUT2D eigenvalue weighted by molar-refractivity contribution is 5.08. The predicted octanol–water partition coefficient (Wildman–Crippen LogP) is 1.81. The Morgan fingerprint density at radius 3 is 3.09 bits per heavy atom. The minimum Gasteiger partial charge on any atom is -0.501 e. The quantitative estimate of drug-likeness (QED) is 0.674. The third kappa shape index (κ3) is 2.54. The van der Waals surface area contributed by atoms with Crippen molar-refractivity contribution in [1.29, 1.82) is 0 Å². The first-order valence-corrected chi connectivity index (χ1v) is 4.40. The van der Waals surface area contributed by atoms with E-state index in [2.05, 4.69) is 6.92 Å². The standard InChI is InChI=1S/C9H17NO/c1-2-4-9(10)8-5-3-6-11-7-8/h7,9H,2-6,10H2,1H3. The van der Waals surface area contributed by atoms with Crippen LogP contribution in [0.25, 0.3) is 0 Å². The van der Waals surface area contributed by atoms with Crippen LogP contribution in [-0.2, 0) is 4.74 Å². The summed E-state index contributed by atoms with van der Waals surface area (Å²) >= 11 is 0. The highest BCUT2D eigenvalue weighted by Gasteiger charge is 2.11. The molecular weight excluding hydrogens is 138 g/mol.